The van der Waals surface area contributed by atoms with E-state index in [1.54, 1.807) is 12.1 Å². The average molecular weight is 374 g/mol. The molecule has 0 unspecified atom stereocenters. The van der Waals surface area contributed by atoms with Crippen LogP contribution in [0.2, 0.25) is 0 Å². The van der Waals surface area contributed by atoms with Gasteiger partial charge in [-0.1, -0.05) is 30.3 Å². The van der Waals surface area contributed by atoms with E-state index in [9.17, 15) is 9.90 Å². The van der Waals surface area contributed by atoms with Gasteiger partial charge in [0.05, 0.1) is 6.10 Å². The lowest BCUT2D eigenvalue weighted by Crippen LogP contribution is -2.24. The Balaban J connectivity index is 1.39. The van der Waals surface area contributed by atoms with Gasteiger partial charge in [-0.15, -0.1) is 0 Å². The summed E-state index contributed by atoms with van der Waals surface area (Å²) in [6, 6.07) is 22.3. The van der Waals surface area contributed by atoms with E-state index >= 15 is 0 Å². The van der Waals surface area contributed by atoms with Gasteiger partial charge < -0.3 is 20.5 Å². The summed E-state index contributed by atoms with van der Waals surface area (Å²) in [6.45, 7) is 0. The molecule has 0 fully saturated rings. The smallest absolute Gasteiger partial charge is 0.323 e. The first-order chi connectivity index (χ1) is 13.7. The molecule has 3 aromatic carbocycles. The van der Waals surface area contributed by atoms with Crippen molar-refractivity contribution in [3.8, 4) is 11.5 Å². The number of fused-ring (bicyclic) bond motifs is 1. The topological polar surface area (TPSA) is 70.6 Å². The van der Waals surface area contributed by atoms with Crippen LogP contribution in [0.3, 0.4) is 0 Å². The number of aliphatic hydroxyl groups is 1. The molecular weight excluding hydrogens is 352 g/mol. The zero-order valence-electron chi connectivity index (χ0n) is 15.4. The molecule has 4 rings (SSSR count). The minimum Gasteiger partial charge on any atom is -0.457 e. The number of aliphatic hydroxyl groups excluding tert-OH is 1. The molecule has 0 spiro atoms. The fraction of sp³-hybridized carbons (Fsp3) is 0.174. The summed E-state index contributed by atoms with van der Waals surface area (Å²) in [5.41, 5.74) is 3.62. The first-order valence-corrected chi connectivity index (χ1v) is 9.37. The minimum atomic E-state index is -0.351. The number of hydrogen-bond donors (Lipinski definition) is 3. The van der Waals surface area contributed by atoms with Crippen LogP contribution in [0.25, 0.3) is 0 Å². The van der Waals surface area contributed by atoms with E-state index in [0.717, 1.165) is 29.8 Å². The van der Waals surface area contributed by atoms with Gasteiger partial charge in [0.1, 0.15) is 11.5 Å². The standard InChI is InChI=1S/C23H22N2O3/c26-18-12-9-16-5-4-8-22(21(16)15-18)25-23(27)24-17-10-13-20(14-11-17)28-19-6-2-1-3-7-19/h1-8,10-11,13-14,18,26H,9,12,15H2,(H2,24,25,27)/t18-/m0/s1. The predicted octanol–water partition coefficient (Wildman–Crippen LogP) is 4.97. The zero-order valence-corrected chi connectivity index (χ0v) is 15.4. The minimum absolute atomic E-state index is 0.315. The maximum atomic E-state index is 12.4. The summed E-state index contributed by atoms with van der Waals surface area (Å²) in [7, 11) is 0. The SMILES string of the molecule is O=C(Nc1ccc(Oc2ccccc2)cc1)Nc1cccc2c1C[C@@H](O)CC2. The number of anilines is 2. The lowest BCUT2D eigenvalue weighted by Gasteiger charge is -2.23. The highest BCUT2D eigenvalue weighted by atomic mass is 16.5. The number of hydrogen-bond acceptors (Lipinski definition) is 3. The quantitative estimate of drug-likeness (QED) is 0.604. The molecule has 142 valence electrons. The van der Waals surface area contributed by atoms with Gasteiger partial charge in [0.25, 0.3) is 0 Å². The zero-order chi connectivity index (χ0) is 19.3. The molecule has 0 aliphatic heterocycles. The maximum absolute atomic E-state index is 12.4. The monoisotopic (exact) mass is 374 g/mol. The van der Waals surface area contributed by atoms with Crippen LogP contribution in [0.1, 0.15) is 17.5 Å². The lowest BCUT2D eigenvalue weighted by atomic mass is 9.88. The molecule has 3 aromatic rings. The highest BCUT2D eigenvalue weighted by molar-refractivity contribution is 6.00. The largest absolute Gasteiger partial charge is 0.457 e. The molecule has 28 heavy (non-hydrogen) atoms. The number of benzene rings is 3. The Morgan fingerprint density at radius 2 is 1.64 bits per heavy atom. The third kappa shape index (κ3) is 4.32. The lowest BCUT2D eigenvalue weighted by molar-refractivity contribution is 0.159. The van der Waals surface area contributed by atoms with Crippen molar-refractivity contribution in [1.82, 2.24) is 0 Å². The number of amides is 2. The Morgan fingerprint density at radius 1 is 0.893 bits per heavy atom. The van der Waals surface area contributed by atoms with E-state index in [-0.39, 0.29) is 12.1 Å². The van der Waals surface area contributed by atoms with E-state index in [1.165, 1.54) is 5.56 Å². The molecule has 0 radical (unpaired) electrons. The predicted molar refractivity (Wildman–Crippen MR) is 110 cm³/mol. The molecule has 1 aliphatic carbocycles. The molecule has 3 N–H and O–H groups in total. The molecule has 0 saturated carbocycles. The van der Waals surface area contributed by atoms with Crippen molar-refractivity contribution in [3.05, 3.63) is 83.9 Å². The van der Waals surface area contributed by atoms with Gasteiger partial charge in [-0.05, 0) is 66.4 Å². The summed E-state index contributed by atoms with van der Waals surface area (Å²) in [5, 5.41) is 15.7. The number of aryl methyl sites for hydroxylation is 1. The highest BCUT2D eigenvalue weighted by Crippen LogP contribution is 2.28. The Labute approximate surface area is 164 Å². The molecule has 0 saturated heterocycles. The van der Waals surface area contributed by atoms with Crippen LogP contribution in [-0.2, 0) is 12.8 Å². The van der Waals surface area contributed by atoms with E-state index in [4.69, 9.17) is 4.74 Å². The number of rotatable bonds is 4. The Kier molecular flexibility index (Phi) is 5.26. The Hall–Kier alpha value is -3.31. The molecule has 5 heteroatoms. The van der Waals surface area contributed by atoms with Crippen molar-refractivity contribution in [1.29, 1.82) is 0 Å². The molecule has 0 heterocycles. The fourth-order valence-corrected chi connectivity index (χ4v) is 3.40. The third-order valence-corrected chi connectivity index (χ3v) is 4.80. The summed E-state index contributed by atoms with van der Waals surface area (Å²) < 4.78 is 5.75. The fourth-order valence-electron chi connectivity index (χ4n) is 3.40. The second kappa shape index (κ2) is 8.15. The van der Waals surface area contributed by atoms with E-state index in [0.29, 0.717) is 17.9 Å². The Bertz CT molecular complexity index is 955. The number of carbonyl (C=O) groups excluding carboxylic acids is 1. The van der Waals surface area contributed by atoms with Crippen molar-refractivity contribution in [2.75, 3.05) is 10.6 Å². The van der Waals surface area contributed by atoms with Crippen molar-refractivity contribution < 1.29 is 14.6 Å². The molecule has 5 nitrogen and oxygen atoms in total. The summed E-state index contributed by atoms with van der Waals surface area (Å²) in [5.74, 6) is 1.46. The second-order valence-electron chi connectivity index (χ2n) is 6.86. The van der Waals surface area contributed by atoms with Gasteiger partial charge in [-0.2, -0.15) is 0 Å². The van der Waals surface area contributed by atoms with Crippen LogP contribution in [0.4, 0.5) is 16.2 Å². The van der Waals surface area contributed by atoms with Gasteiger partial charge in [-0.25, -0.2) is 4.79 Å². The van der Waals surface area contributed by atoms with Crippen molar-refractivity contribution >= 4 is 17.4 Å². The normalized spacial score (nSPS) is 15.4. The van der Waals surface area contributed by atoms with Crippen LogP contribution in [0.15, 0.2) is 72.8 Å². The van der Waals surface area contributed by atoms with Crippen LogP contribution in [0, 0.1) is 0 Å². The van der Waals surface area contributed by atoms with Gasteiger partial charge in [0.15, 0.2) is 0 Å². The van der Waals surface area contributed by atoms with E-state index < -0.39 is 0 Å². The van der Waals surface area contributed by atoms with Crippen LogP contribution in [0.5, 0.6) is 11.5 Å². The van der Waals surface area contributed by atoms with Gasteiger partial charge in [0.2, 0.25) is 0 Å². The van der Waals surface area contributed by atoms with Crippen LogP contribution in [-0.4, -0.2) is 17.2 Å². The maximum Gasteiger partial charge on any atom is 0.323 e. The van der Waals surface area contributed by atoms with Crippen molar-refractivity contribution in [2.24, 2.45) is 0 Å². The molecule has 1 atom stereocenters. The van der Waals surface area contributed by atoms with E-state index in [1.807, 2.05) is 54.6 Å². The van der Waals surface area contributed by atoms with Crippen molar-refractivity contribution in [3.63, 3.8) is 0 Å². The van der Waals surface area contributed by atoms with Gasteiger partial charge in [0, 0.05) is 17.8 Å². The Morgan fingerprint density at radius 3 is 2.43 bits per heavy atom. The van der Waals surface area contributed by atoms with Crippen molar-refractivity contribution in [2.45, 2.75) is 25.4 Å². The third-order valence-electron chi connectivity index (χ3n) is 4.80. The van der Waals surface area contributed by atoms with E-state index in [2.05, 4.69) is 16.7 Å². The highest BCUT2D eigenvalue weighted by Gasteiger charge is 2.19. The van der Waals surface area contributed by atoms with Gasteiger partial charge >= 0.3 is 6.03 Å². The number of urea groups is 1. The number of ether oxygens (including phenoxy) is 1. The molecule has 0 aromatic heterocycles. The molecule has 1 aliphatic rings. The molecule has 2 amide bonds. The second-order valence-corrected chi connectivity index (χ2v) is 6.86. The summed E-state index contributed by atoms with van der Waals surface area (Å²) in [4.78, 5) is 12.4. The average Bonchev–Trinajstić information content (AvgIpc) is 2.71. The number of carbonyl (C=O) groups is 1. The first-order valence-electron chi connectivity index (χ1n) is 9.37. The first kappa shape index (κ1) is 18.1. The van der Waals surface area contributed by atoms with Crippen LogP contribution < -0.4 is 15.4 Å². The number of para-hydroxylation sites is 1. The summed E-state index contributed by atoms with van der Waals surface area (Å²) >= 11 is 0. The van der Waals surface area contributed by atoms with Crippen LogP contribution >= 0.6 is 0 Å². The number of nitrogens with one attached hydrogen (secondary N) is 2. The molecular formula is C23H22N2O3. The summed E-state index contributed by atoms with van der Waals surface area (Å²) in [6.07, 6.45) is 1.81. The van der Waals surface area contributed by atoms with Gasteiger partial charge in [-0.3, -0.25) is 0 Å². The molecule has 0 bridgehead atoms.